The first kappa shape index (κ1) is 10.2. The molecule has 1 saturated heterocycles. The van der Waals surface area contributed by atoms with Crippen LogP contribution in [0.25, 0.3) is 11.0 Å². The van der Waals surface area contributed by atoms with Gasteiger partial charge in [-0.05, 0) is 37.5 Å². The molecule has 0 bridgehead atoms. The highest BCUT2D eigenvalue weighted by atomic mass is 79.9. The molecule has 16 heavy (non-hydrogen) atoms. The van der Waals surface area contributed by atoms with Gasteiger partial charge >= 0.3 is 0 Å². The molecular weight excluding hydrogens is 270 g/mol. The van der Waals surface area contributed by atoms with E-state index in [1.807, 2.05) is 22.9 Å². The summed E-state index contributed by atoms with van der Waals surface area (Å²) in [5.74, 6) is 0. The third-order valence-corrected chi connectivity index (χ3v) is 3.35. The Morgan fingerprint density at radius 1 is 1.38 bits per heavy atom. The summed E-state index contributed by atoms with van der Waals surface area (Å²) in [5.41, 5.74) is 1.94. The normalized spacial score (nSPS) is 21.4. The van der Waals surface area contributed by atoms with E-state index in [0.717, 1.165) is 35.0 Å². The lowest BCUT2D eigenvalue weighted by atomic mass is 10.2. The average molecular weight is 282 g/mol. The Balaban J connectivity index is 2.03. The van der Waals surface area contributed by atoms with Gasteiger partial charge in [0.25, 0.3) is 0 Å². The minimum absolute atomic E-state index is 0.0555. The van der Waals surface area contributed by atoms with Crippen LogP contribution in [0.4, 0.5) is 0 Å². The molecule has 1 aromatic heterocycles. The molecule has 2 heterocycles. The smallest absolute Gasteiger partial charge is 0.152 e. The van der Waals surface area contributed by atoms with E-state index in [-0.39, 0.29) is 6.23 Å². The Kier molecular flexibility index (Phi) is 2.65. The van der Waals surface area contributed by atoms with E-state index in [9.17, 15) is 0 Å². The monoisotopic (exact) mass is 281 g/mol. The van der Waals surface area contributed by atoms with Crippen molar-refractivity contribution in [2.45, 2.75) is 25.5 Å². The highest BCUT2D eigenvalue weighted by Gasteiger charge is 2.18. The second kappa shape index (κ2) is 4.14. The molecule has 0 spiro atoms. The zero-order valence-corrected chi connectivity index (χ0v) is 10.4. The molecule has 0 saturated carbocycles. The molecule has 0 amide bonds. The topological polar surface area (TPSA) is 39.9 Å². The van der Waals surface area contributed by atoms with Crippen LogP contribution in [0.5, 0.6) is 0 Å². The SMILES string of the molecule is Brc1ccc2c(c1)nnn2C1CCCCO1. The summed E-state index contributed by atoms with van der Waals surface area (Å²) in [6.07, 6.45) is 3.42. The lowest BCUT2D eigenvalue weighted by molar-refractivity contribution is -0.0377. The Morgan fingerprint density at radius 3 is 3.12 bits per heavy atom. The Morgan fingerprint density at radius 2 is 2.31 bits per heavy atom. The van der Waals surface area contributed by atoms with Crippen molar-refractivity contribution in [1.29, 1.82) is 0 Å². The molecule has 1 aliphatic heterocycles. The van der Waals surface area contributed by atoms with E-state index in [1.165, 1.54) is 6.42 Å². The average Bonchev–Trinajstić information content (AvgIpc) is 2.73. The van der Waals surface area contributed by atoms with E-state index in [4.69, 9.17) is 4.74 Å². The predicted molar refractivity (Wildman–Crippen MR) is 64.1 cm³/mol. The molecular formula is C11H12BrN3O. The molecule has 5 heteroatoms. The summed E-state index contributed by atoms with van der Waals surface area (Å²) in [6, 6.07) is 6.00. The number of hydrogen-bond acceptors (Lipinski definition) is 3. The first-order chi connectivity index (χ1) is 7.84. The number of aromatic nitrogens is 3. The van der Waals surface area contributed by atoms with E-state index in [0.29, 0.717) is 0 Å². The number of rotatable bonds is 1. The molecule has 1 aromatic carbocycles. The van der Waals surface area contributed by atoms with Crippen LogP contribution >= 0.6 is 15.9 Å². The molecule has 4 nitrogen and oxygen atoms in total. The van der Waals surface area contributed by atoms with Crippen molar-refractivity contribution >= 4 is 27.0 Å². The molecule has 84 valence electrons. The third kappa shape index (κ3) is 1.74. The lowest BCUT2D eigenvalue weighted by Crippen LogP contribution is -2.19. The third-order valence-electron chi connectivity index (χ3n) is 2.86. The fourth-order valence-electron chi connectivity index (χ4n) is 2.04. The van der Waals surface area contributed by atoms with E-state index in [1.54, 1.807) is 0 Å². The molecule has 1 fully saturated rings. The maximum absolute atomic E-state index is 5.71. The fourth-order valence-corrected chi connectivity index (χ4v) is 2.39. The van der Waals surface area contributed by atoms with Crippen molar-refractivity contribution in [2.75, 3.05) is 6.61 Å². The molecule has 3 rings (SSSR count). The maximum Gasteiger partial charge on any atom is 0.152 e. The first-order valence-corrected chi connectivity index (χ1v) is 6.26. The van der Waals surface area contributed by atoms with Gasteiger partial charge in [0.15, 0.2) is 6.23 Å². The molecule has 0 aliphatic carbocycles. The highest BCUT2D eigenvalue weighted by Crippen LogP contribution is 2.26. The quantitative estimate of drug-likeness (QED) is 0.807. The van der Waals surface area contributed by atoms with Crippen molar-refractivity contribution in [1.82, 2.24) is 15.0 Å². The van der Waals surface area contributed by atoms with Gasteiger partial charge in [-0.15, -0.1) is 5.10 Å². The number of halogens is 1. The number of ether oxygens (including phenoxy) is 1. The van der Waals surface area contributed by atoms with E-state index >= 15 is 0 Å². The van der Waals surface area contributed by atoms with Gasteiger partial charge in [0, 0.05) is 11.1 Å². The van der Waals surface area contributed by atoms with Gasteiger partial charge in [0.2, 0.25) is 0 Å². The second-order valence-corrected chi connectivity index (χ2v) is 4.90. The van der Waals surface area contributed by atoms with Crippen LogP contribution in [0, 0.1) is 0 Å². The molecule has 1 aliphatic rings. The summed E-state index contributed by atoms with van der Waals surface area (Å²) >= 11 is 3.43. The van der Waals surface area contributed by atoms with Crippen LogP contribution in [0.15, 0.2) is 22.7 Å². The Hall–Kier alpha value is -0.940. The number of benzene rings is 1. The molecule has 0 N–H and O–H groups in total. The van der Waals surface area contributed by atoms with Gasteiger partial charge in [-0.1, -0.05) is 21.1 Å². The van der Waals surface area contributed by atoms with Crippen LogP contribution in [0.2, 0.25) is 0 Å². The summed E-state index contributed by atoms with van der Waals surface area (Å²) in [4.78, 5) is 0. The van der Waals surface area contributed by atoms with Gasteiger partial charge in [-0.2, -0.15) is 0 Å². The predicted octanol–water partition coefficient (Wildman–Crippen LogP) is 2.89. The number of hydrogen-bond donors (Lipinski definition) is 0. The first-order valence-electron chi connectivity index (χ1n) is 5.47. The fraction of sp³-hybridized carbons (Fsp3) is 0.455. The van der Waals surface area contributed by atoms with Crippen LogP contribution in [0.1, 0.15) is 25.5 Å². The van der Waals surface area contributed by atoms with Crippen molar-refractivity contribution < 1.29 is 4.74 Å². The Bertz CT molecular complexity index is 505. The minimum atomic E-state index is 0.0555. The summed E-state index contributed by atoms with van der Waals surface area (Å²) in [6.45, 7) is 0.822. The van der Waals surface area contributed by atoms with Crippen LogP contribution in [0.3, 0.4) is 0 Å². The van der Waals surface area contributed by atoms with Crippen molar-refractivity contribution in [2.24, 2.45) is 0 Å². The standard InChI is InChI=1S/C11H12BrN3O/c12-8-4-5-10-9(7-8)13-14-15(10)11-3-1-2-6-16-11/h4-5,7,11H,1-3,6H2. The van der Waals surface area contributed by atoms with Crippen LogP contribution < -0.4 is 0 Å². The van der Waals surface area contributed by atoms with E-state index < -0.39 is 0 Å². The van der Waals surface area contributed by atoms with Gasteiger partial charge in [0.05, 0.1) is 5.52 Å². The van der Waals surface area contributed by atoms with Gasteiger partial charge in [0.1, 0.15) is 5.52 Å². The maximum atomic E-state index is 5.71. The zero-order valence-electron chi connectivity index (χ0n) is 8.77. The van der Waals surface area contributed by atoms with E-state index in [2.05, 4.69) is 26.2 Å². The van der Waals surface area contributed by atoms with Gasteiger partial charge in [-0.25, -0.2) is 4.68 Å². The van der Waals surface area contributed by atoms with Crippen LogP contribution in [-0.2, 0) is 4.74 Å². The minimum Gasteiger partial charge on any atom is -0.356 e. The van der Waals surface area contributed by atoms with Crippen molar-refractivity contribution in [3.63, 3.8) is 0 Å². The lowest BCUT2D eigenvalue weighted by Gasteiger charge is -2.22. The summed E-state index contributed by atoms with van der Waals surface area (Å²) in [5, 5.41) is 8.34. The largest absolute Gasteiger partial charge is 0.356 e. The highest BCUT2D eigenvalue weighted by molar-refractivity contribution is 9.10. The van der Waals surface area contributed by atoms with Gasteiger partial charge in [-0.3, -0.25) is 0 Å². The molecule has 1 unspecified atom stereocenters. The van der Waals surface area contributed by atoms with Gasteiger partial charge < -0.3 is 4.74 Å². The number of fused-ring (bicyclic) bond motifs is 1. The van der Waals surface area contributed by atoms with Crippen molar-refractivity contribution in [3.8, 4) is 0 Å². The van der Waals surface area contributed by atoms with Crippen LogP contribution in [-0.4, -0.2) is 21.6 Å². The van der Waals surface area contributed by atoms with Crippen molar-refractivity contribution in [3.05, 3.63) is 22.7 Å². The summed E-state index contributed by atoms with van der Waals surface area (Å²) < 4.78 is 8.62. The zero-order chi connectivity index (χ0) is 11.0. The molecule has 2 aromatic rings. The number of nitrogens with zero attached hydrogens (tertiary/aromatic N) is 3. The Labute approximate surface area is 102 Å². The molecule has 1 atom stereocenters. The molecule has 0 radical (unpaired) electrons. The summed E-state index contributed by atoms with van der Waals surface area (Å²) in [7, 11) is 0. The second-order valence-electron chi connectivity index (χ2n) is 3.99.